The van der Waals surface area contributed by atoms with Gasteiger partial charge in [0.2, 0.25) is 5.91 Å². The number of piperidine rings is 1. The van der Waals surface area contributed by atoms with Gasteiger partial charge >= 0.3 is 6.03 Å². The Morgan fingerprint density at radius 2 is 1.96 bits per heavy atom. The zero-order valence-electron chi connectivity index (χ0n) is 13.0. The number of likely N-dealkylation sites (tertiary alicyclic amines) is 1. The molecule has 24 heavy (non-hydrogen) atoms. The van der Waals surface area contributed by atoms with E-state index in [0.29, 0.717) is 23.8 Å². The van der Waals surface area contributed by atoms with E-state index in [9.17, 15) is 9.59 Å². The van der Waals surface area contributed by atoms with E-state index < -0.39 is 0 Å². The highest BCUT2D eigenvalue weighted by Crippen LogP contribution is 2.22. The predicted octanol–water partition coefficient (Wildman–Crippen LogP) is 4.28. The Morgan fingerprint density at radius 1 is 1.17 bits per heavy atom. The van der Waals surface area contributed by atoms with Gasteiger partial charge in [-0.2, -0.15) is 0 Å². The van der Waals surface area contributed by atoms with Crippen molar-refractivity contribution in [1.82, 2.24) is 4.90 Å². The van der Waals surface area contributed by atoms with Crippen LogP contribution in [0.25, 0.3) is 0 Å². The molecule has 0 saturated carbocycles. The molecule has 0 aliphatic carbocycles. The Labute approximate surface area is 149 Å². The van der Waals surface area contributed by atoms with Gasteiger partial charge in [-0.05, 0) is 54.6 Å². The van der Waals surface area contributed by atoms with Gasteiger partial charge in [-0.3, -0.25) is 10.1 Å². The van der Waals surface area contributed by atoms with E-state index in [2.05, 4.69) is 10.6 Å². The lowest BCUT2D eigenvalue weighted by atomic mass is 9.97. The van der Waals surface area contributed by atoms with Crippen molar-refractivity contribution in [2.45, 2.75) is 12.8 Å². The molecule has 0 spiro atoms. The molecule has 1 saturated heterocycles. The summed E-state index contributed by atoms with van der Waals surface area (Å²) in [5.41, 5.74) is 0.713. The fourth-order valence-corrected chi connectivity index (χ4v) is 3.42. The molecule has 1 aliphatic heterocycles. The summed E-state index contributed by atoms with van der Waals surface area (Å²) in [6.45, 7) is 1.10. The fraction of sp³-hybridized carbons (Fsp3) is 0.294. The van der Waals surface area contributed by atoms with Gasteiger partial charge in [0, 0.05) is 23.8 Å². The summed E-state index contributed by atoms with van der Waals surface area (Å²) in [6.07, 6.45) is 1.60. The Balaban J connectivity index is 1.57. The number of nitrogens with zero attached hydrogens (tertiary/aromatic N) is 1. The van der Waals surface area contributed by atoms with Crippen LogP contribution in [-0.2, 0) is 4.79 Å². The minimum absolute atomic E-state index is 0.0639. The van der Waals surface area contributed by atoms with Crippen LogP contribution in [0.15, 0.2) is 41.8 Å². The minimum Gasteiger partial charge on any atom is -0.326 e. The van der Waals surface area contributed by atoms with E-state index in [1.807, 2.05) is 17.5 Å². The first kappa shape index (κ1) is 16.8. The Morgan fingerprint density at radius 3 is 2.67 bits per heavy atom. The number of carbonyl (C=O) groups is 2. The average Bonchev–Trinajstić information content (AvgIpc) is 3.10. The highest BCUT2D eigenvalue weighted by molar-refractivity contribution is 7.14. The number of urea groups is 1. The fourth-order valence-electron chi connectivity index (χ4n) is 2.69. The molecule has 1 atom stereocenters. The van der Waals surface area contributed by atoms with Crippen LogP contribution in [0.5, 0.6) is 0 Å². The molecule has 2 heterocycles. The number of rotatable bonds is 3. The molecule has 3 amide bonds. The molecule has 3 rings (SSSR count). The molecule has 0 radical (unpaired) electrons. The van der Waals surface area contributed by atoms with E-state index in [4.69, 9.17) is 11.6 Å². The second-order valence-electron chi connectivity index (χ2n) is 5.69. The summed E-state index contributed by atoms with van der Waals surface area (Å²) in [7, 11) is 0. The molecule has 1 aliphatic rings. The molecular formula is C17H18ClN3O2S. The van der Waals surface area contributed by atoms with Crippen LogP contribution in [0, 0.1) is 5.92 Å². The summed E-state index contributed by atoms with van der Waals surface area (Å²) >= 11 is 7.32. The van der Waals surface area contributed by atoms with E-state index in [1.54, 1.807) is 29.2 Å². The van der Waals surface area contributed by atoms with Crippen molar-refractivity contribution in [3.05, 3.63) is 46.8 Å². The zero-order valence-corrected chi connectivity index (χ0v) is 14.6. The Hall–Kier alpha value is -2.05. The van der Waals surface area contributed by atoms with Crippen LogP contribution in [0.1, 0.15) is 12.8 Å². The van der Waals surface area contributed by atoms with Crippen LogP contribution in [-0.4, -0.2) is 29.9 Å². The smallest absolute Gasteiger partial charge is 0.322 e. The maximum atomic E-state index is 12.4. The number of thiophene rings is 1. The third-order valence-electron chi connectivity index (χ3n) is 3.94. The standard InChI is InChI=1S/C17H18ClN3O2S/c18-13-5-7-14(8-6-13)19-16(22)12-3-1-9-21(11-12)17(23)20-15-4-2-10-24-15/h2,4-8,10,12H,1,3,9,11H2,(H,19,22)(H,20,23). The molecule has 0 bridgehead atoms. The zero-order chi connectivity index (χ0) is 16.9. The number of hydrogen-bond donors (Lipinski definition) is 2. The van der Waals surface area contributed by atoms with Gasteiger partial charge in [0.1, 0.15) is 0 Å². The number of halogens is 1. The number of benzene rings is 1. The Bertz CT molecular complexity index is 703. The van der Waals surface area contributed by atoms with E-state index in [1.165, 1.54) is 11.3 Å². The van der Waals surface area contributed by atoms with E-state index in [-0.39, 0.29) is 17.9 Å². The molecule has 1 fully saturated rings. The second kappa shape index (κ2) is 7.68. The first-order chi connectivity index (χ1) is 11.6. The van der Waals surface area contributed by atoms with Crippen molar-refractivity contribution in [2.24, 2.45) is 5.92 Å². The topological polar surface area (TPSA) is 61.4 Å². The van der Waals surface area contributed by atoms with Gasteiger partial charge in [0.25, 0.3) is 0 Å². The highest BCUT2D eigenvalue weighted by atomic mass is 35.5. The number of nitrogens with one attached hydrogen (secondary N) is 2. The molecule has 7 heteroatoms. The number of amides is 3. The molecule has 2 aromatic rings. The van der Waals surface area contributed by atoms with Crippen molar-refractivity contribution in [2.75, 3.05) is 23.7 Å². The molecule has 1 unspecified atom stereocenters. The second-order valence-corrected chi connectivity index (χ2v) is 7.07. The summed E-state index contributed by atoms with van der Waals surface area (Å²) in [5, 5.41) is 9.11. The monoisotopic (exact) mass is 363 g/mol. The number of hydrogen-bond acceptors (Lipinski definition) is 3. The third-order valence-corrected chi connectivity index (χ3v) is 4.98. The first-order valence-electron chi connectivity index (χ1n) is 7.77. The molecular weight excluding hydrogens is 346 g/mol. The first-order valence-corrected chi connectivity index (χ1v) is 9.03. The molecule has 126 valence electrons. The minimum atomic E-state index is -0.205. The Kier molecular flexibility index (Phi) is 5.37. The molecule has 2 N–H and O–H groups in total. The van der Waals surface area contributed by atoms with Crippen molar-refractivity contribution in [3.8, 4) is 0 Å². The normalized spacial score (nSPS) is 17.4. The van der Waals surface area contributed by atoms with E-state index >= 15 is 0 Å². The highest BCUT2D eigenvalue weighted by Gasteiger charge is 2.28. The van der Waals surface area contributed by atoms with Crippen molar-refractivity contribution < 1.29 is 9.59 Å². The van der Waals surface area contributed by atoms with Crippen LogP contribution in [0.4, 0.5) is 15.5 Å². The van der Waals surface area contributed by atoms with Crippen molar-refractivity contribution in [1.29, 1.82) is 0 Å². The average molecular weight is 364 g/mol. The van der Waals surface area contributed by atoms with Gasteiger partial charge in [-0.1, -0.05) is 11.6 Å². The van der Waals surface area contributed by atoms with Gasteiger partial charge in [-0.15, -0.1) is 11.3 Å². The van der Waals surface area contributed by atoms with Gasteiger partial charge in [-0.25, -0.2) is 4.79 Å². The SMILES string of the molecule is O=C(Nc1ccc(Cl)cc1)C1CCCN(C(=O)Nc2cccs2)C1. The summed E-state index contributed by atoms with van der Waals surface area (Å²) in [6, 6.07) is 10.6. The van der Waals surface area contributed by atoms with Gasteiger partial charge in [0.05, 0.1) is 10.9 Å². The maximum absolute atomic E-state index is 12.4. The van der Waals surface area contributed by atoms with Gasteiger partial charge in [0.15, 0.2) is 0 Å². The van der Waals surface area contributed by atoms with Crippen LogP contribution in [0.3, 0.4) is 0 Å². The lowest BCUT2D eigenvalue weighted by molar-refractivity contribution is -0.121. The van der Waals surface area contributed by atoms with Crippen LogP contribution >= 0.6 is 22.9 Å². The number of anilines is 2. The maximum Gasteiger partial charge on any atom is 0.322 e. The quantitative estimate of drug-likeness (QED) is 0.854. The third kappa shape index (κ3) is 4.27. The van der Waals surface area contributed by atoms with Crippen molar-refractivity contribution in [3.63, 3.8) is 0 Å². The molecule has 5 nitrogen and oxygen atoms in total. The number of carbonyl (C=O) groups excluding carboxylic acids is 2. The van der Waals surface area contributed by atoms with Gasteiger partial charge < -0.3 is 10.2 Å². The van der Waals surface area contributed by atoms with Crippen LogP contribution in [0.2, 0.25) is 5.02 Å². The van der Waals surface area contributed by atoms with Crippen LogP contribution < -0.4 is 10.6 Å². The summed E-state index contributed by atoms with van der Waals surface area (Å²) < 4.78 is 0. The summed E-state index contributed by atoms with van der Waals surface area (Å²) in [5.74, 6) is -0.269. The predicted molar refractivity (Wildman–Crippen MR) is 97.7 cm³/mol. The molecule has 1 aromatic carbocycles. The van der Waals surface area contributed by atoms with E-state index in [0.717, 1.165) is 17.8 Å². The lowest BCUT2D eigenvalue weighted by Gasteiger charge is -2.31. The largest absolute Gasteiger partial charge is 0.326 e. The lowest BCUT2D eigenvalue weighted by Crippen LogP contribution is -2.45. The van der Waals surface area contributed by atoms with Crippen molar-refractivity contribution >= 4 is 45.6 Å². The summed E-state index contributed by atoms with van der Waals surface area (Å²) in [4.78, 5) is 26.4. The molecule has 1 aromatic heterocycles.